The Morgan fingerprint density at radius 2 is 1.89 bits per heavy atom. The Labute approximate surface area is 155 Å². The minimum atomic E-state index is -4.91. The highest BCUT2D eigenvalue weighted by Gasteiger charge is 2.48. The van der Waals surface area contributed by atoms with Gasteiger partial charge in [-0.1, -0.05) is 11.6 Å². The number of carbonyl (C=O) groups is 2. The lowest BCUT2D eigenvalue weighted by atomic mass is 10.0. The van der Waals surface area contributed by atoms with Crippen LogP contribution in [0.25, 0.3) is 6.08 Å². The highest BCUT2D eigenvalue weighted by Crippen LogP contribution is 2.42. The molecule has 9 heteroatoms. The van der Waals surface area contributed by atoms with Crippen molar-refractivity contribution in [2.75, 3.05) is 0 Å². The summed E-state index contributed by atoms with van der Waals surface area (Å²) < 4.78 is 49.8. The number of hydrogen-bond donors (Lipinski definition) is 1. The zero-order chi connectivity index (χ0) is 19.8. The molecule has 0 aliphatic carbocycles. The molecule has 0 radical (unpaired) electrons. The molecule has 3 rings (SSSR count). The summed E-state index contributed by atoms with van der Waals surface area (Å²) in [6.07, 6.45) is -6.00. The molecule has 140 valence electrons. The van der Waals surface area contributed by atoms with Gasteiger partial charge >= 0.3 is 12.1 Å². The van der Waals surface area contributed by atoms with Gasteiger partial charge in [0.1, 0.15) is 23.5 Å². The second-order valence-electron chi connectivity index (χ2n) is 5.55. The number of alkyl halides is 3. The van der Waals surface area contributed by atoms with Gasteiger partial charge in [-0.3, -0.25) is 4.79 Å². The van der Waals surface area contributed by atoms with Crippen LogP contribution >= 0.6 is 11.6 Å². The van der Waals surface area contributed by atoms with Crippen molar-refractivity contribution in [2.24, 2.45) is 0 Å². The molecule has 1 atom stereocenters. The number of rotatable bonds is 4. The van der Waals surface area contributed by atoms with E-state index in [2.05, 4.69) is 0 Å². The molecule has 0 spiro atoms. The third-order valence-corrected chi connectivity index (χ3v) is 3.99. The van der Waals surface area contributed by atoms with E-state index < -0.39 is 23.8 Å². The van der Waals surface area contributed by atoms with Crippen LogP contribution in [-0.2, 0) is 4.79 Å². The molecule has 5 nitrogen and oxygen atoms in total. The number of fused-ring (bicyclic) bond motifs is 1. The van der Waals surface area contributed by atoms with Crippen molar-refractivity contribution >= 4 is 29.9 Å². The van der Waals surface area contributed by atoms with E-state index >= 15 is 0 Å². The highest BCUT2D eigenvalue weighted by atomic mass is 35.5. The monoisotopic (exact) mass is 398 g/mol. The Morgan fingerprint density at radius 3 is 2.44 bits per heavy atom. The van der Waals surface area contributed by atoms with E-state index in [1.54, 1.807) is 0 Å². The minimum absolute atomic E-state index is 0.0161. The third-order valence-electron chi connectivity index (χ3n) is 3.69. The fourth-order valence-electron chi connectivity index (χ4n) is 2.44. The van der Waals surface area contributed by atoms with Crippen molar-refractivity contribution in [1.29, 1.82) is 0 Å². The predicted molar refractivity (Wildman–Crippen MR) is 89.4 cm³/mol. The van der Waals surface area contributed by atoms with Crippen molar-refractivity contribution in [1.82, 2.24) is 0 Å². The fourth-order valence-corrected chi connectivity index (χ4v) is 2.65. The molecule has 1 unspecified atom stereocenters. The first-order chi connectivity index (χ1) is 12.7. The molecule has 1 aliphatic rings. The normalized spacial score (nSPS) is 16.0. The van der Waals surface area contributed by atoms with Gasteiger partial charge in [-0.05, 0) is 36.4 Å². The van der Waals surface area contributed by atoms with Gasteiger partial charge in [0.25, 0.3) is 0 Å². The topological polar surface area (TPSA) is 72.8 Å². The van der Waals surface area contributed by atoms with Crippen LogP contribution in [0.5, 0.6) is 17.2 Å². The molecular weight excluding hydrogens is 389 g/mol. The average Bonchev–Trinajstić information content (AvgIpc) is 2.61. The van der Waals surface area contributed by atoms with Crippen molar-refractivity contribution in [2.45, 2.75) is 12.3 Å². The molecule has 0 aromatic heterocycles. The molecule has 0 amide bonds. The predicted octanol–water partition coefficient (Wildman–Crippen LogP) is 4.74. The number of benzene rings is 2. The average molecular weight is 399 g/mol. The molecule has 0 saturated heterocycles. The maximum absolute atomic E-state index is 13.1. The van der Waals surface area contributed by atoms with Crippen molar-refractivity contribution < 1.29 is 37.3 Å². The lowest BCUT2D eigenvalue weighted by Crippen LogP contribution is -2.40. The van der Waals surface area contributed by atoms with E-state index in [1.807, 2.05) is 0 Å². The molecule has 0 bridgehead atoms. The van der Waals surface area contributed by atoms with E-state index in [0.29, 0.717) is 17.6 Å². The molecule has 1 N–H and O–H groups in total. The highest BCUT2D eigenvalue weighted by molar-refractivity contribution is 6.32. The third kappa shape index (κ3) is 3.90. The van der Waals surface area contributed by atoms with Crippen LogP contribution in [0.3, 0.4) is 0 Å². The first kappa shape index (κ1) is 18.8. The van der Waals surface area contributed by atoms with Crippen molar-refractivity contribution in [3.05, 3.63) is 58.1 Å². The van der Waals surface area contributed by atoms with Crippen LogP contribution in [0.4, 0.5) is 13.2 Å². The van der Waals surface area contributed by atoms with Crippen LogP contribution < -0.4 is 9.47 Å². The number of aldehydes is 1. The van der Waals surface area contributed by atoms with Crippen LogP contribution in [0.1, 0.15) is 15.9 Å². The second kappa shape index (κ2) is 6.96. The van der Waals surface area contributed by atoms with Gasteiger partial charge in [0, 0.05) is 17.2 Å². The molecule has 2 aromatic carbocycles. The molecule has 1 heterocycles. The summed E-state index contributed by atoms with van der Waals surface area (Å²) in [4.78, 5) is 21.8. The van der Waals surface area contributed by atoms with Crippen LogP contribution in [0.15, 0.2) is 42.0 Å². The molecule has 2 aromatic rings. The van der Waals surface area contributed by atoms with Crippen LogP contribution in [0.2, 0.25) is 5.02 Å². The number of carbonyl (C=O) groups excluding carboxylic acids is 1. The Balaban J connectivity index is 1.98. The Bertz CT molecular complexity index is 935. The van der Waals surface area contributed by atoms with Gasteiger partial charge in [-0.25, -0.2) is 4.79 Å². The summed E-state index contributed by atoms with van der Waals surface area (Å²) in [6, 6.07) is 8.36. The summed E-state index contributed by atoms with van der Waals surface area (Å²) in [5.74, 6) is -1.64. The molecular formula is C18H10ClF3O5. The van der Waals surface area contributed by atoms with E-state index in [9.17, 15) is 22.8 Å². The molecule has 27 heavy (non-hydrogen) atoms. The number of hydrogen-bond acceptors (Lipinski definition) is 4. The van der Waals surface area contributed by atoms with E-state index in [1.165, 1.54) is 30.3 Å². The lowest BCUT2D eigenvalue weighted by molar-refractivity contribution is -0.187. The van der Waals surface area contributed by atoms with Gasteiger partial charge in [0.05, 0.1) is 10.6 Å². The lowest BCUT2D eigenvalue weighted by Gasteiger charge is -2.27. The van der Waals surface area contributed by atoms with Crippen molar-refractivity contribution in [3.63, 3.8) is 0 Å². The summed E-state index contributed by atoms with van der Waals surface area (Å²) in [7, 11) is 0. The van der Waals surface area contributed by atoms with Crippen LogP contribution in [0, 0.1) is 0 Å². The van der Waals surface area contributed by atoms with Crippen molar-refractivity contribution in [3.8, 4) is 17.2 Å². The van der Waals surface area contributed by atoms with Gasteiger partial charge in [-0.2, -0.15) is 13.2 Å². The Hall–Kier alpha value is -3.00. The Morgan fingerprint density at radius 1 is 1.22 bits per heavy atom. The van der Waals surface area contributed by atoms with E-state index in [-0.39, 0.29) is 22.1 Å². The van der Waals surface area contributed by atoms with Gasteiger partial charge in [0.2, 0.25) is 6.10 Å². The summed E-state index contributed by atoms with van der Waals surface area (Å²) in [6.45, 7) is 0. The minimum Gasteiger partial charge on any atom is -0.478 e. The fraction of sp³-hybridized carbons (Fsp3) is 0.111. The van der Waals surface area contributed by atoms with E-state index in [4.69, 9.17) is 26.2 Å². The summed E-state index contributed by atoms with van der Waals surface area (Å²) in [5, 5.41) is 9.07. The molecule has 1 aliphatic heterocycles. The molecule has 0 saturated carbocycles. The van der Waals surface area contributed by atoms with Gasteiger partial charge in [0.15, 0.2) is 0 Å². The maximum atomic E-state index is 13.1. The molecule has 0 fully saturated rings. The first-order valence-electron chi connectivity index (χ1n) is 7.44. The number of carboxylic acids is 1. The summed E-state index contributed by atoms with van der Waals surface area (Å²) in [5.41, 5.74) is -0.438. The number of aliphatic carboxylic acids is 1. The Kier molecular flexibility index (Phi) is 4.84. The zero-order valence-corrected chi connectivity index (χ0v) is 14.0. The zero-order valence-electron chi connectivity index (χ0n) is 13.3. The number of halogens is 4. The quantitative estimate of drug-likeness (QED) is 0.753. The smallest absolute Gasteiger partial charge is 0.430 e. The van der Waals surface area contributed by atoms with Gasteiger partial charge in [-0.15, -0.1) is 0 Å². The SMILES string of the molecule is O=Cc1ccc(Oc2cc3c(cc2Cl)C=C(C(=O)O)C(C(F)(F)F)O3)cc1. The maximum Gasteiger partial charge on any atom is 0.430 e. The number of ether oxygens (including phenoxy) is 2. The number of carboxylic acid groups (broad SMARTS) is 1. The van der Waals surface area contributed by atoms with E-state index in [0.717, 1.165) is 12.1 Å². The standard InChI is InChI=1S/C18H10ClF3O5/c19-13-6-10-5-12(17(24)25)16(18(20,21)22)27-14(10)7-15(13)26-11-3-1-9(8-23)2-4-11/h1-8,16H,(H,24,25). The van der Waals surface area contributed by atoms with Crippen LogP contribution in [-0.4, -0.2) is 29.6 Å². The largest absolute Gasteiger partial charge is 0.478 e. The second-order valence-corrected chi connectivity index (χ2v) is 5.96. The van der Waals surface area contributed by atoms with Gasteiger partial charge < -0.3 is 14.6 Å². The summed E-state index contributed by atoms with van der Waals surface area (Å²) >= 11 is 6.09. The first-order valence-corrected chi connectivity index (χ1v) is 7.81.